The summed E-state index contributed by atoms with van der Waals surface area (Å²) in [6, 6.07) is -1.60. The van der Waals surface area contributed by atoms with Crippen LogP contribution in [0.15, 0.2) is 0 Å². The van der Waals surface area contributed by atoms with E-state index in [-0.39, 0.29) is 6.42 Å². The molecule has 0 aromatic rings. The fraction of sp³-hybridized carbons (Fsp3) is 1.00. The van der Waals surface area contributed by atoms with Crippen molar-refractivity contribution < 1.29 is 35.7 Å². The van der Waals surface area contributed by atoms with E-state index in [0.29, 0.717) is 0 Å². The van der Waals surface area contributed by atoms with Crippen molar-refractivity contribution >= 4 is 0 Å². The molecule has 0 spiro atoms. The van der Waals surface area contributed by atoms with Crippen molar-refractivity contribution in [2.75, 3.05) is 19.8 Å². The second-order valence-corrected chi connectivity index (χ2v) is 4.73. The highest BCUT2D eigenvalue weighted by Crippen LogP contribution is 2.29. The number of aliphatic hydroxyl groups excluding tert-OH is 6. The van der Waals surface area contributed by atoms with Crippen LogP contribution in [-0.4, -0.2) is 91.6 Å². The highest BCUT2D eigenvalue weighted by molar-refractivity contribution is 5.05. The zero-order valence-electron chi connectivity index (χ0n) is 9.85. The third-order valence-electron chi connectivity index (χ3n) is 3.37. The second kappa shape index (κ2) is 6.22. The maximum Gasteiger partial charge on any atom is 0.118 e. The molecular weight excluding hydrogens is 246 g/mol. The molecule has 0 heterocycles. The average molecular weight is 267 g/mol. The van der Waals surface area contributed by atoms with Gasteiger partial charge in [0.15, 0.2) is 0 Å². The maximum absolute atomic E-state index is 9.93. The highest BCUT2D eigenvalue weighted by atomic mass is 16.4. The topological polar surface area (TPSA) is 154 Å². The van der Waals surface area contributed by atoms with Crippen molar-refractivity contribution in [3.05, 3.63) is 0 Å². The van der Waals surface area contributed by atoms with Crippen molar-refractivity contribution in [2.24, 2.45) is 0 Å². The minimum absolute atomic E-state index is 0.223. The van der Waals surface area contributed by atoms with E-state index < -0.39 is 55.8 Å². The summed E-state index contributed by atoms with van der Waals surface area (Å²) in [5.74, 6) is 0. The molecule has 8 nitrogen and oxygen atoms in total. The van der Waals surface area contributed by atoms with Crippen LogP contribution in [0, 0.1) is 0 Å². The van der Waals surface area contributed by atoms with E-state index in [1.165, 1.54) is 0 Å². The van der Waals surface area contributed by atoms with Gasteiger partial charge in [0.1, 0.15) is 17.8 Å². The van der Waals surface area contributed by atoms with Crippen LogP contribution in [0.25, 0.3) is 0 Å². The van der Waals surface area contributed by atoms with E-state index >= 15 is 0 Å². The molecule has 0 aromatic heterocycles. The first-order chi connectivity index (χ1) is 8.39. The maximum atomic E-state index is 9.93. The molecule has 0 saturated heterocycles. The number of rotatable bonds is 5. The SMILES string of the molecule is OCC(CO)N[C@H]1CC(O)(CO)[C@@H](O)[C@H](O)C1O. The lowest BCUT2D eigenvalue weighted by Crippen LogP contribution is -2.68. The molecular formula is C10H21NO7. The fourth-order valence-corrected chi connectivity index (χ4v) is 2.15. The molecule has 5 atom stereocenters. The number of aliphatic hydroxyl groups is 7. The van der Waals surface area contributed by atoms with Crippen molar-refractivity contribution in [1.82, 2.24) is 5.32 Å². The summed E-state index contributed by atoms with van der Waals surface area (Å²) in [5, 5.41) is 68.4. The van der Waals surface area contributed by atoms with E-state index in [4.69, 9.17) is 15.3 Å². The zero-order valence-corrected chi connectivity index (χ0v) is 9.85. The van der Waals surface area contributed by atoms with E-state index in [2.05, 4.69) is 5.32 Å². The monoisotopic (exact) mass is 267 g/mol. The van der Waals surface area contributed by atoms with Gasteiger partial charge in [-0.1, -0.05) is 0 Å². The molecule has 2 unspecified atom stereocenters. The lowest BCUT2D eigenvalue weighted by atomic mass is 9.76. The van der Waals surface area contributed by atoms with Crippen LogP contribution in [0.4, 0.5) is 0 Å². The highest BCUT2D eigenvalue weighted by Gasteiger charge is 2.51. The lowest BCUT2D eigenvalue weighted by Gasteiger charge is -2.46. The normalized spacial score (nSPS) is 41.3. The van der Waals surface area contributed by atoms with Crippen LogP contribution < -0.4 is 5.32 Å². The number of hydrogen-bond acceptors (Lipinski definition) is 8. The third kappa shape index (κ3) is 2.98. The van der Waals surface area contributed by atoms with Gasteiger partial charge < -0.3 is 41.1 Å². The Labute approximate surface area is 104 Å². The minimum atomic E-state index is -1.94. The Kier molecular flexibility index (Phi) is 5.44. The summed E-state index contributed by atoms with van der Waals surface area (Å²) in [4.78, 5) is 0. The molecule has 0 radical (unpaired) electrons. The van der Waals surface area contributed by atoms with Crippen LogP contribution in [-0.2, 0) is 0 Å². The third-order valence-corrected chi connectivity index (χ3v) is 3.37. The van der Waals surface area contributed by atoms with Gasteiger partial charge in [-0.15, -0.1) is 0 Å². The first-order valence-corrected chi connectivity index (χ1v) is 5.74. The molecule has 0 aromatic carbocycles. The average Bonchev–Trinajstić information content (AvgIpc) is 2.39. The van der Waals surface area contributed by atoms with Crippen LogP contribution >= 0.6 is 0 Å². The van der Waals surface area contributed by atoms with Gasteiger partial charge in [0.25, 0.3) is 0 Å². The molecule has 18 heavy (non-hydrogen) atoms. The van der Waals surface area contributed by atoms with Gasteiger partial charge in [-0.2, -0.15) is 0 Å². The van der Waals surface area contributed by atoms with E-state index in [0.717, 1.165) is 0 Å². The molecule has 1 fully saturated rings. The van der Waals surface area contributed by atoms with Gasteiger partial charge in [0, 0.05) is 6.04 Å². The molecule has 8 N–H and O–H groups in total. The summed E-state index contributed by atoms with van der Waals surface area (Å²) >= 11 is 0. The predicted octanol–water partition coefficient (Wildman–Crippen LogP) is -4.49. The molecule has 0 aliphatic heterocycles. The molecule has 8 heteroatoms. The summed E-state index contributed by atoms with van der Waals surface area (Å²) < 4.78 is 0. The number of nitrogens with one attached hydrogen (secondary N) is 1. The molecule has 0 bridgehead atoms. The van der Waals surface area contributed by atoms with Gasteiger partial charge in [-0.3, -0.25) is 0 Å². The molecule has 108 valence electrons. The van der Waals surface area contributed by atoms with Crippen LogP contribution in [0.5, 0.6) is 0 Å². The van der Waals surface area contributed by atoms with Crippen LogP contribution in [0.2, 0.25) is 0 Å². The second-order valence-electron chi connectivity index (χ2n) is 4.73. The van der Waals surface area contributed by atoms with Crippen molar-refractivity contribution in [3.8, 4) is 0 Å². The molecule has 1 aliphatic carbocycles. The largest absolute Gasteiger partial charge is 0.395 e. The van der Waals surface area contributed by atoms with Gasteiger partial charge in [0.2, 0.25) is 0 Å². The standard InChI is InChI=1S/C10H21NO7/c12-2-5(3-13)11-6-1-10(18,4-14)9(17)8(16)7(6)15/h5-9,11-18H,1-4H2/t6-,7?,8+,9-,10?/m0/s1. The summed E-state index contributed by atoms with van der Waals surface area (Å²) in [7, 11) is 0. The predicted molar refractivity (Wildman–Crippen MR) is 59.6 cm³/mol. The summed E-state index contributed by atoms with van der Waals surface area (Å²) in [6.07, 6.45) is -4.91. The van der Waals surface area contributed by atoms with E-state index in [1.807, 2.05) is 0 Å². The lowest BCUT2D eigenvalue weighted by molar-refractivity contribution is -0.207. The van der Waals surface area contributed by atoms with E-state index in [1.54, 1.807) is 0 Å². The Bertz CT molecular complexity index is 263. The quantitative estimate of drug-likeness (QED) is 0.248. The van der Waals surface area contributed by atoms with Gasteiger partial charge in [-0.05, 0) is 6.42 Å². The molecule has 0 amide bonds. The molecule has 1 rings (SSSR count). The van der Waals surface area contributed by atoms with Crippen LogP contribution in [0.3, 0.4) is 0 Å². The Morgan fingerprint density at radius 2 is 1.61 bits per heavy atom. The van der Waals surface area contributed by atoms with Crippen molar-refractivity contribution in [3.63, 3.8) is 0 Å². The van der Waals surface area contributed by atoms with Gasteiger partial charge in [-0.25, -0.2) is 0 Å². The molecule has 1 saturated carbocycles. The van der Waals surface area contributed by atoms with Gasteiger partial charge >= 0.3 is 0 Å². The number of hydrogen-bond donors (Lipinski definition) is 8. The summed E-state index contributed by atoms with van der Waals surface area (Å²) in [6.45, 7) is -1.56. The Morgan fingerprint density at radius 3 is 2.06 bits per heavy atom. The van der Waals surface area contributed by atoms with Crippen molar-refractivity contribution in [2.45, 2.75) is 42.4 Å². The van der Waals surface area contributed by atoms with Crippen molar-refractivity contribution in [1.29, 1.82) is 0 Å². The first kappa shape index (κ1) is 15.7. The summed E-state index contributed by atoms with van der Waals surface area (Å²) in [5.41, 5.74) is -1.94. The molecule has 1 aliphatic rings. The smallest absolute Gasteiger partial charge is 0.118 e. The van der Waals surface area contributed by atoms with E-state index in [9.17, 15) is 20.4 Å². The van der Waals surface area contributed by atoms with Crippen LogP contribution in [0.1, 0.15) is 6.42 Å². The Hall–Kier alpha value is -0.320. The zero-order chi connectivity index (χ0) is 13.9. The first-order valence-electron chi connectivity index (χ1n) is 5.74. The fourth-order valence-electron chi connectivity index (χ4n) is 2.15. The Morgan fingerprint density at radius 1 is 1.06 bits per heavy atom. The minimum Gasteiger partial charge on any atom is -0.395 e. The van der Waals surface area contributed by atoms with Gasteiger partial charge in [0.05, 0.1) is 32.0 Å². The Balaban J connectivity index is 2.79.